The van der Waals surface area contributed by atoms with Crippen molar-refractivity contribution in [3.05, 3.63) is 83.9 Å². The topological polar surface area (TPSA) is 67.9 Å². The number of anilines is 1. The number of nitrogens with one attached hydrogen (secondary N) is 1. The first-order valence-corrected chi connectivity index (χ1v) is 10.6. The van der Waals surface area contributed by atoms with Crippen molar-refractivity contribution < 1.29 is 17.9 Å². The van der Waals surface area contributed by atoms with Crippen LogP contribution in [0.4, 0.5) is 5.69 Å². The molecular weight excluding hydrogens is 388 g/mol. The van der Waals surface area contributed by atoms with E-state index >= 15 is 0 Å². The van der Waals surface area contributed by atoms with Crippen LogP contribution in [0.25, 0.3) is 0 Å². The Morgan fingerprint density at radius 1 is 0.931 bits per heavy atom. The standard InChI is InChI=1S/C22H22N2O4S/c1-27-17-12-13-20(28-2)18(14-17)22-23-19-10-6-7-11-21(19)29(25,26)24(22)15-16-8-4-3-5-9-16/h3-14,22-23H,15H2,1-2H3/t22-/m1/s1. The molecule has 150 valence electrons. The van der Waals surface area contributed by atoms with Crippen molar-refractivity contribution in [2.75, 3.05) is 19.5 Å². The zero-order chi connectivity index (χ0) is 20.4. The summed E-state index contributed by atoms with van der Waals surface area (Å²) in [6.45, 7) is 0.218. The fraction of sp³-hybridized carbons (Fsp3) is 0.182. The molecule has 7 heteroatoms. The van der Waals surface area contributed by atoms with Gasteiger partial charge < -0.3 is 14.8 Å². The van der Waals surface area contributed by atoms with Crippen molar-refractivity contribution >= 4 is 15.7 Å². The molecule has 3 aromatic rings. The van der Waals surface area contributed by atoms with Crippen molar-refractivity contribution in [2.45, 2.75) is 17.6 Å². The number of hydrogen-bond acceptors (Lipinski definition) is 5. The van der Waals surface area contributed by atoms with Crippen LogP contribution in [-0.4, -0.2) is 26.9 Å². The highest BCUT2D eigenvalue weighted by atomic mass is 32.2. The normalized spacial score (nSPS) is 17.8. The minimum Gasteiger partial charge on any atom is -0.497 e. The van der Waals surface area contributed by atoms with Crippen LogP contribution in [0, 0.1) is 0 Å². The van der Waals surface area contributed by atoms with Crippen molar-refractivity contribution in [3.63, 3.8) is 0 Å². The number of hydrogen-bond donors (Lipinski definition) is 1. The van der Waals surface area contributed by atoms with E-state index < -0.39 is 16.2 Å². The maximum atomic E-state index is 13.6. The van der Waals surface area contributed by atoms with Gasteiger partial charge in [-0.2, -0.15) is 4.31 Å². The van der Waals surface area contributed by atoms with Crippen molar-refractivity contribution in [1.82, 2.24) is 4.31 Å². The number of ether oxygens (including phenoxy) is 2. The van der Waals surface area contributed by atoms with Gasteiger partial charge in [0, 0.05) is 12.1 Å². The minimum atomic E-state index is -3.75. The SMILES string of the molecule is COc1ccc(OC)c([C@@H]2Nc3ccccc3S(=O)(=O)N2Cc2ccccc2)c1. The summed E-state index contributed by atoms with van der Waals surface area (Å²) in [6, 6.07) is 21.8. The molecule has 29 heavy (non-hydrogen) atoms. The van der Waals surface area contributed by atoms with Crippen LogP contribution >= 0.6 is 0 Å². The van der Waals surface area contributed by atoms with Crippen molar-refractivity contribution in [3.8, 4) is 11.5 Å². The number of rotatable bonds is 5. The van der Waals surface area contributed by atoms with E-state index in [2.05, 4.69) is 5.32 Å². The summed E-state index contributed by atoms with van der Waals surface area (Å²) >= 11 is 0. The summed E-state index contributed by atoms with van der Waals surface area (Å²) in [5.41, 5.74) is 2.14. The molecule has 1 atom stereocenters. The van der Waals surface area contributed by atoms with E-state index in [1.165, 1.54) is 4.31 Å². The van der Waals surface area contributed by atoms with Gasteiger partial charge >= 0.3 is 0 Å². The Labute approximate surface area is 170 Å². The van der Waals surface area contributed by atoms with Crippen LogP contribution in [0.1, 0.15) is 17.3 Å². The molecule has 0 spiro atoms. The number of para-hydroxylation sites is 1. The lowest BCUT2D eigenvalue weighted by molar-refractivity contribution is 0.321. The number of sulfonamides is 1. The summed E-state index contributed by atoms with van der Waals surface area (Å²) in [6.07, 6.45) is -0.653. The quantitative estimate of drug-likeness (QED) is 0.688. The van der Waals surface area contributed by atoms with Gasteiger partial charge in [0.25, 0.3) is 0 Å². The van der Waals surface area contributed by atoms with Crippen LogP contribution in [0.15, 0.2) is 77.7 Å². The fourth-order valence-electron chi connectivity index (χ4n) is 3.52. The Morgan fingerprint density at radius 2 is 1.66 bits per heavy atom. The Kier molecular flexibility index (Phi) is 5.17. The Bertz CT molecular complexity index is 1120. The third-order valence-electron chi connectivity index (χ3n) is 4.97. The fourth-order valence-corrected chi connectivity index (χ4v) is 5.19. The second-order valence-electron chi connectivity index (χ2n) is 6.69. The summed E-state index contributed by atoms with van der Waals surface area (Å²) in [4.78, 5) is 0.258. The van der Waals surface area contributed by atoms with Crippen LogP contribution in [0.3, 0.4) is 0 Å². The van der Waals surface area contributed by atoms with E-state index in [0.717, 1.165) is 5.56 Å². The molecule has 0 saturated heterocycles. The van der Waals surface area contributed by atoms with E-state index in [-0.39, 0.29) is 11.4 Å². The second-order valence-corrected chi connectivity index (χ2v) is 8.55. The highest BCUT2D eigenvalue weighted by molar-refractivity contribution is 7.89. The molecule has 1 aliphatic rings. The van der Waals surface area contributed by atoms with Gasteiger partial charge in [-0.25, -0.2) is 8.42 Å². The van der Waals surface area contributed by atoms with Gasteiger partial charge in [-0.1, -0.05) is 42.5 Å². The number of methoxy groups -OCH3 is 2. The van der Waals surface area contributed by atoms with Gasteiger partial charge in [0.15, 0.2) is 0 Å². The maximum absolute atomic E-state index is 13.6. The lowest BCUT2D eigenvalue weighted by Crippen LogP contribution is -2.42. The molecule has 0 unspecified atom stereocenters. The molecule has 0 aliphatic carbocycles. The summed E-state index contributed by atoms with van der Waals surface area (Å²) in [5, 5.41) is 3.38. The van der Waals surface area contributed by atoms with Crippen LogP contribution in [0.2, 0.25) is 0 Å². The molecular formula is C22H22N2O4S. The van der Waals surface area contributed by atoms with Crippen LogP contribution < -0.4 is 14.8 Å². The van der Waals surface area contributed by atoms with Gasteiger partial charge in [0.2, 0.25) is 10.0 Å². The predicted molar refractivity (Wildman–Crippen MR) is 112 cm³/mol. The molecule has 1 N–H and O–H groups in total. The number of fused-ring (bicyclic) bond motifs is 1. The summed E-state index contributed by atoms with van der Waals surface area (Å²) in [7, 11) is -0.604. The highest BCUT2D eigenvalue weighted by Crippen LogP contribution is 2.42. The first-order valence-electron chi connectivity index (χ1n) is 9.18. The maximum Gasteiger partial charge on any atom is 0.247 e. The Morgan fingerprint density at radius 3 is 2.38 bits per heavy atom. The molecule has 0 aromatic heterocycles. The lowest BCUT2D eigenvalue weighted by atomic mass is 10.1. The highest BCUT2D eigenvalue weighted by Gasteiger charge is 2.40. The Balaban J connectivity index is 1.89. The monoisotopic (exact) mass is 410 g/mol. The molecule has 1 aliphatic heterocycles. The zero-order valence-electron chi connectivity index (χ0n) is 16.2. The van der Waals surface area contributed by atoms with E-state index in [1.54, 1.807) is 50.6 Å². The van der Waals surface area contributed by atoms with E-state index in [0.29, 0.717) is 22.7 Å². The predicted octanol–water partition coefficient (Wildman–Crippen LogP) is 4.02. The summed E-state index contributed by atoms with van der Waals surface area (Å²) in [5.74, 6) is 1.20. The number of benzene rings is 3. The number of nitrogens with zero attached hydrogens (tertiary/aromatic N) is 1. The van der Waals surface area contributed by atoms with E-state index in [9.17, 15) is 8.42 Å². The van der Waals surface area contributed by atoms with Crippen molar-refractivity contribution in [1.29, 1.82) is 0 Å². The van der Waals surface area contributed by atoms with Gasteiger partial charge in [-0.3, -0.25) is 0 Å². The first-order chi connectivity index (χ1) is 14.0. The first kappa shape index (κ1) is 19.3. The molecule has 0 bridgehead atoms. The molecule has 3 aromatic carbocycles. The molecule has 1 heterocycles. The third kappa shape index (κ3) is 3.54. The third-order valence-corrected chi connectivity index (χ3v) is 6.84. The minimum absolute atomic E-state index is 0.218. The van der Waals surface area contributed by atoms with Crippen molar-refractivity contribution in [2.24, 2.45) is 0 Å². The average Bonchev–Trinajstić information content (AvgIpc) is 2.76. The van der Waals surface area contributed by atoms with E-state index in [4.69, 9.17) is 9.47 Å². The molecule has 4 rings (SSSR count). The summed E-state index contributed by atoms with van der Waals surface area (Å²) < 4.78 is 39.5. The molecule has 0 saturated carbocycles. The van der Waals surface area contributed by atoms with Gasteiger partial charge in [0.05, 0.1) is 19.9 Å². The average molecular weight is 410 g/mol. The van der Waals surface area contributed by atoms with Gasteiger partial charge in [-0.05, 0) is 35.9 Å². The largest absolute Gasteiger partial charge is 0.497 e. The Hall–Kier alpha value is -3.03. The molecule has 6 nitrogen and oxygen atoms in total. The van der Waals surface area contributed by atoms with Crippen LogP contribution in [-0.2, 0) is 16.6 Å². The second kappa shape index (κ2) is 7.77. The molecule has 0 amide bonds. The smallest absolute Gasteiger partial charge is 0.247 e. The van der Waals surface area contributed by atoms with Crippen LogP contribution in [0.5, 0.6) is 11.5 Å². The van der Waals surface area contributed by atoms with Gasteiger partial charge in [-0.15, -0.1) is 0 Å². The molecule has 0 fully saturated rings. The lowest BCUT2D eigenvalue weighted by Gasteiger charge is -2.38. The van der Waals surface area contributed by atoms with Gasteiger partial charge in [0.1, 0.15) is 22.6 Å². The zero-order valence-corrected chi connectivity index (χ0v) is 17.0. The molecule has 0 radical (unpaired) electrons. The van der Waals surface area contributed by atoms with E-state index in [1.807, 2.05) is 36.4 Å².